The Balaban J connectivity index is 4.91. The summed E-state index contributed by atoms with van der Waals surface area (Å²) in [5.41, 5.74) is 0. The van der Waals surface area contributed by atoms with E-state index >= 15 is 0 Å². The molecule has 0 heterocycles. The number of carboxylic acid groups (broad SMARTS) is 1. The fraction of sp³-hybridized carbons (Fsp3) is 0.778. The molecular weight excluding hydrogens is 250 g/mol. The third-order valence-corrected chi connectivity index (χ3v) is 4.21. The largest absolute Gasteiger partial charge is 0.480 e. The van der Waals surface area contributed by atoms with Crippen molar-refractivity contribution in [3.63, 3.8) is 0 Å². The Kier molecular flexibility index (Phi) is 5.09. The molecule has 0 spiro atoms. The first-order valence-corrected chi connectivity index (χ1v) is 6.31. The van der Waals surface area contributed by atoms with E-state index in [1.165, 1.54) is 20.8 Å². The molecule has 0 saturated carbocycles. The van der Waals surface area contributed by atoms with Crippen LogP contribution < -0.4 is 4.72 Å². The molecule has 0 unspecified atom stereocenters. The lowest BCUT2D eigenvalue weighted by Gasteiger charge is -2.22. The standard InChI is InChI=1S/C9H17NO6S/c1-9(2,3)17(14,15)10-6(8(12)13)5-7(11)16-4/h6,10H,5H2,1-4H3,(H,12,13)/t6-/m0/s1. The van der Waals surface area contributed by atoms with Crippen molar-refractivity contribution in [2.24, 2.45) is 0 Å². The number of hydrogen-bond acceptors (Lipinski definition) is 5. The lowest BCUT2D eigenvalue weighted by atomic mass is 10.2. The highest BCUT2D eigenvalue weighted by Crippen LogP contribution is 2.14. The number of carbonyl (C=O) groups is 2. The topological polar surface area (TPSA) is 110 Å². The van der Waals surface area contributed by atoms with Gasteiger partial charge in [-0.1, -0.05) is 0 Å². The maximum Gasteiger partial charge on any atom is 0.322 e. The Morgan fingerprint density at radius 3 is 2.12 bits per heavy atom. The number of carbonyl (C=O) groups excluding carboxylic acids is 1. The second-order valence-corrected chi connectivity index (χ2v) is 6.87. The first-order chi connectivity index (χ1) is 7.51. The molecule has 8 heteroatoms. The third-order valence-electron chi connectivity index (χ3n) is 2.00. The van der Waals surface area contributed by atoms with E-state index < -0.39 is 39.2 Å². The predicted molar refractivity (Wildman–Crippen MR) is 59.9 cm³/mol. The van der Waals surface area contributed by atoms with Crippen LogP contribution in [0.3, 0.4) is 0 Å². The Hall–Kier alpha value is -1.15. The Labute approximate surface area is 100 Å². The number of rotatable bonds is 5. The van der Waals surface area contributed by atoms with E-state index in [9.17, 15) is 18.0 Å². The average Bonchev–Trinajstić information content (AvgIpc) is 2.14. The van der Waals surface area contributed by atoms with Crippen LogP contribution in [0.15, 0.2) is 0 Å². The smallest absolute Gasteiger partial charge is 0.322 e. The molecule has 2 N–H and O–H groups in total. The normalized spacial score (nSPS) is 14.1. The van der Waals surface area contributed by atoms with Crippen molar-refractivity contribution in [2.75, 3.05) is 7.11 Å². The molecule has 7 nitrogen and oxygen atoms in total. The van der Waals surface area contributed by atoms with E-state index in [-0.39, 0.29) is 0 Å². The number of hydrogen-bond donors (Lipinski definition) is 2. The molecule has 0 aromatic heterocycles. The van der Waals surface area contributed by atoms with Gasteiger partial charge in [-0.2, -0.15) is 4.72 Å². The summed E-state index contributed by atoms with van der Waals surface area (Å²) in [5, 5.41) is 8.81. The molecule has 0 saturated heterocycles. The van der Waals surface area contributed by atoms with Gasteiger partial charge in [0.25, 0.3) is 0 Å². The average molecular weight is 267 g/mol. The van der Waals surface area contributed by atoms with Gasteiger partial charge in [-0.3, -0.25) is 9.59 Å². The maximum absolute atomic E-state index is 11.7. The lowest BCUT2D eigenvalue weighted by Crippen LogP contribution is -2.48. The summed E-state index contributed by atoms with van der Waals surface area (Å²) in [6.45, 7) is 4.27. The van der Waals surface area contributed by atoms with Crippen molar-refractivity contribution < 1.29 is 27.9 Å². The van der Waals surface area contributed by atoms with Crippen LogP contribution in [0.1, 0.15) is 27.2 Å². The van der Waals surface area contributed by atoms with Gasteiger partial charge in [0.2, 0.25) is 10.0 Å². The van der Waals surface area contributed by atoms with Crippen LogP contribution in [-0.2, 0) is 24.3 Å². The maximum atomic E-state index is 11.7. The van der Waals surface area contributed by atoms with Crippen LogP contribution in [0.2, 0.25) is 0 Å². The summed E-state index contributed by atoms with van der Waals surface area (Å²) in [4.78, 5) is 21.8. The Morgan fingerprint density at radius 1 is 1.35 bits per heavy atom. The molecule has 0 fully saturated rings. The van der Waals surface area contributed by atoms with Gasteiger partial charge in [0.1, 0.15) is 6.04 Å². The van der Waals surface area contributed by atoms with Crippen LogP contribution >= 0.6 is 0 Å². The summed E-state index contributed by atoms with van der Waals surface area (Å²) in [6.07, 6.45) is -0.554. The quantitative estimate of drug-likeness (QED) is 0.663. The predicted octanol–water partition coefficient (Wildman–Crippen LogP) is -0.279. The molecule has 100 valence electrons. The minimum absolute atomic E-state index is 0.554. The number of nitrogens with one attached hydrogen (secondary N) is 1. The lowest BCUT2D eigenvalue weighted by molar-refractivity contribution is -0.147. The summed E-state index contributed by atoms with van der Waals surface area (Å²) in [6, 6.07) is -1.52. The van der Waals surface area contributed by atoms with Gasteiger partial charge in [0, 0.05) is 0 Å². The Morgan fingerprint density at radius 2 is 1.82 bits per heavy atom. The van der Waals surface area contributed by atoms with Gasteiger partial charge in [0.15, 0.2) is 0 Å². The molecular formula is C9H17NO6S. The fourth-order valence-electron chi connectivity index (χ4n) is 0.793. The highest BCUT2D eigenvalue weighted by Gasteiger charge is 2.34. The van der Waals surface area contributed by atoms with E-state index in [0.717, 1.165) is 7.11 Å². The van der Waals surface area contributed by atoms with Crippen LogP contribution in [0.5, 0.6) is 0 Å². The van der Waals surface area contributed by atoms with Crippen LogP contribution in [-0.4, -0.2) is 43.4 Å². The first-order valence-electron chi connectivity index (χ1n) is 4.82. The van der Waals surface area contributed by atoms with Gasteiger partial charge in [-0.25, -0.2) is 8.42 Å². The number of methoxy groups -OCH3 is 1. The van der Waals surface area contributed by atoms with E-state index in [0.29, 0.717) is 0 Å². The number of sulfonamides is 1. The molecule has 17 heavy (non-hydrogen) atoms. The second-order valence-electron chi connectivity index (χ2n) is 4.40. The fourth-order valence-corrected chi connectivity index (χ4v) is 1.71. The zero-order chi connectivity index (χ0) is 13.9. The monoisotopic (exact) mass is 267 g/mol. The van der Waals surface area contributed by atoms with Gasteiger partial charge in [-0.15, -0.1) is 0 Å². The van der Waals surface area contributed by atoms with Gasteiger partial charge < -0.3 is 9.84 Å². The van der Waals surface area contributed by atoms with Crippen LogP contribution in [0, 0.1) is 0 Å². The van der Waals surface area contributed by atoms with Gasteiger partial charge in [-0.05, 0) is 20.8 Å². The molecule has 0 aliphatic rings. The summed E-state index contributed by atoms with van der Waals surface area (Å²) in [5.74, 6) is -2.22. The van der Waals surface area contributed by atoms with Crippen molar-refractivity contribution in [3.05, 3.63) is 0 Å². The molecule has 0 aliphatic carbocycles. The van der Waals surface area contributed by atoms with Crippen LogP contribution in [0.4, 0.5) is 0 Å². The molecule has 1 atom stereocenters. The zero-order valence-electron chi connectivity index (χ0n) is 10.2. The minimum Gasteiger partial charge on any atom is -0.480 e. The number of aliphatic carboxylic acids is 1. The molecule has 0 amide bonds. The summed E-state index contributed by atoms with van der Waals surface area (Å²) >= 11 is 0. The summed E-state index contributed by atoms with van der Waals surface area (Å²) in [7, 11) is -2.74. The highest BCUT2D eigenvalue weighted by atomic mass is 32.2. The van der Waals surface area contributed by atoms with Crippen LogP contribution in [0.25, 0.3) is 0 Å². The molecule has 0 rings (SSSR count). The minimum atomic E-state index is -3.83. The van der Waals surface area contributed by atoms with Crippen molar-refractivity contribution in [1.82, 2.24) is 4.72 Å². The van der Waals surface area contributed by atoms with Gasteiger partial charge >= 0.3 is 11.9 Å². The molecule has 0 bridgehead atoms. The first kappa shape index (κ1) is 15.9. The molecule has 0 aromatic rings. The number of ether oxygens (including phenoxy) is 1. The van der Waals surface area contributed by atoms with E-state index in [2.05, 4.69) is 4.74 Å². The highest BCUT2D eigenvalue weighted by molar-refractivity contribution is 7.90. The molecule has 0 radical (unpaired) electrons. The van der Waals surface area contributed by atoms with E-state index in [1.54, 1.807) is 0 Å². The van der Waals surface area contributed by atoms with Gasteiger partial charge in [0.05, 0.1) is 18.3 Å². The van der Waals surface area contributed by atoms with Crippen molar-refractivity contribution in [1.29, 1.82) is 0 Å². The van der Waals surface area contributed by atoms with Crippen molar-refractivity contribution >= 4 is 22.0 Å². The zero-order valence-corrected chi connectivity index (χ0v) is 11.0. The van der Waals surface area contributed by atoms with E-state index in [4.69, 9.17) is 5.11 Å². The third kappa shape index (κ3) is 4.70. The second kappa shape index (κ2) is 5.46. The SMILES string of the molecule is COC(=O)C[C@H](NS(=O)(=O)C(C)(C)C)C(=O)O. The van der Waals surface area contributed by atoms with Crippen molar-refractivity contribution in [2.45, 2.75) is 38.0 Å². The Bertz CT molecular complexity index is 394. The number of esters is 1. The van der Waals surface area contributed by atoms with Crippen molar-refractivity contribution in [3.8, 4) is 0 Å². The molecule has 0 aromatic carbocycles. The number of carboxylic acids is 1. The summed E-state index contributed by atoms with van der Waals surface area (Å²) < 4.78 is 28.5. The molecule has 0 aliphatic heterocycles. The van der Waals surface area contributed by atoms with E-state index in [1.807, 2.05) is 4.72 Å².